The van der Waals surface area contributed by atoms with Gasteiger partial charge in [-0.25, -0.2) is 4.79 Å². The van der Waals surface area contributed by atoms with Crippen LogP contribution in [0.15, 0.2) is 0 Å². The summed E-state index contributed by atoms with van der Waals surface area (Å²) in [4.78, 5) is 25.1. The van der Waals surface area contributed by atoms with Crippen LogP contribution < -0.4 is 5.32 Å². The maximum Gasteiger partial charge on any atom is 0.317 e. The van der Waals surface area contributed by atoms with Crippen LogP contribution in [0.3, 0.4) is 0 Å². The monoisotopic (exact) mass is 270 g/mol. The molecule has 1 aliphatic rings. The van der Waals surface area contributed by atoms with Crippen LogP contribution in [0.4, 0.5) is 4.79 Å². The molecule has 0 atom stereocenters. The van der Waals surface area contributed by atoms with Crippen LogP contribution in [-0.4, -0.2) is 41.6 Å². The van der Waals surface area contributed by atoms with E-state index in [4.69, 9.17) is 0 Å². The number of aliphatic carboxylic acids is 1. The largest absolute Gasteiger partial charge is 0.481 e. The minimum atomic E-state index is -0.778. The Morgan fingerprint density at radius 2 is 1.79 bits per heavy atom. The van der Waals surface area contributed by atoms with Crippen molar-refractivity contribution >= 4 is 12.0 Å². The first kappa shape index (κ1) is 15.8. The predicted molar refractivity (Wildman–Crippen MR) is 74.0 cm³/mol. The number of hydrogen-bond donors (Lipinski definition) is 2. The van der Waals surface area contributed by atoms with E-state index in [9.17, 15) is 14.7 Å². The number of hydrogen-bond acceptors (Lipinski definition) is 2. The highest BCUT2D eigenvalue weighted by molar-refractivity contribution is 5.78. The standard InChI is InChI=1S/C14H26N2O3/c1-4-16(5-2)13(19)15-10-14(12(17)18)8-6-11(3)7-9-14/h11H,4-10H2,1-3H3,(H,15,19)(H,17,18). The maximum absolute atomic E-state index is 11.9. The van der Waals surface area contributed by atoms with Crippen molar-refractivity contribution in [1.29, 1.82) is 0 Å². The lowest BCUT2D eigenvalue weighted by molar-refractivity contribution is -0.151. The highest BCUT2D eigenvalue weighted by atomic mass is 16.4. The van der Waals surface area contributed by atoms with Gasteiger partial charge in [-0.1, -0.05) is 6.92 Å². The zero-order valence-corrected chi connectivity index (χ0v) is 12.2. The lowest BCUT2D eigenvalue weighted by Crippen LogP contribution is -2.48. The van der Waals surface area contributed by atoms with Gasteiger partial charge in [0, 0.05) is 19.6 Å². The van der Waals surface area contributed by atoms with Crippen LogP contribution in [-0.2, 0) is 4.79 Å². The van der Waals surface area contributed by atoms with Gasteiger partial charge in [-0.3, -0.25) is 4.79 Å². The summed E-state index contributed by atoms with van der Waals surface area (Å²) >= 11 is 0. The molecule has 0 unspecified atom stereocenters. The molecule has 1 rings (SSSR count). The number of urea groups is 1. The number of carbonyl (C=O) groups excluding carboxylic acids is 1. The Morgan fingerprint density at radius 1 is 1.26 bits per heavy atom. The van der Waals surface area contributed by atoms with E-state index in [0.717, 1.165) is 12.8 Å². The Balaban J connectivity index is 2.60. The quantitative estimate of drug-likeness (QED) is 0.805. The first-order valence-corrected chi connectivity index (χ1v) is 7.21. The van der Waals surface area contributed by atoms with Crippen molar-refractivity contribution in [2.45, 2.75) is 46.5 Å². The molecule has 1 fully saturated rings. The van der Waals surface area contributed by atoms with Crippen LogP contribution in [0.5, 0.6) is 0 Å². The van der Waals surface area contributed by atoms with Gasteiger partial charge >= 0.3 is 12.0 Å². The molecule has 1 aliphatic carbocycles. The summed E-state index contributed by atoms with van der Waals surface area (Å²) in [6, 6.07) is -0.163. The molecule has 0 aromatic rings. The molecule has 0 heterocycles. The molecule has 0 saturated heterocycles. The molecule has 0 aromatic carbocycles. The van der Waals surface area contributed by atoms with Gasteiger partial charge in [0.05, 0.1) is 5.41 Å². The maximum atomic E-state index is 11.9. The molecule has 5 heteroatoms. The zero-order valence-electron chi connectivity index (χ0n) is 12.2. The molecule has 2 amide bonds. The Hall–Kier alpha value is -1.26. The highest BCUT2D eigenvalue weighted by Crippen LogP contribution is 2.38. The van der Waals surface area contributed by atoms with E-state index in [2.05, 4.69) is 12.2 Å². The van der Waals surface area contributed by atoms with Crippen molar-refractivity contribution in [3.05, 3.63) is 0 Å². The van der Waals surface area contributed by atoms with Crippen molar-refractivity contribution in [2.24, 2.45) is 11.3 Å². The van der Waals surface area contributed by atoms with Gasteiger partial charge in [0.2, 0.25) is 0 Å². The lowest BCUT2D eigenvalue weighted by atomic mass is 9.71. The molecule has 5 nitrogen and oxygen atoms in total. The van der Waals surface area contributed by atoms with E-state index in [1.54, 1.807) is 4.90 Å². The summed E-state index contributed by atoms with van der Waals surface area (Å²) in [6.45, 7) is 7.50. The van der Waals surface area contributed by atoms with Crippen LogP contribution in [0.1, 0.15) is 46.5 Å². The summed E-state index contributed by atoms with van der Waals surface area (Å²) in [6.07, 6.45) is 3.16. The fraction of sp³-hybridized carbons (Fsp3) is 0.857. The number of carbonyl (C=O) groups is 2. The Bertz CT molecular complexity index is 319. The van der Waals surface area contributed by atoms with Gasteiger partial charge in [-0.2, -0.15) is 0 Å². The lowest BCUT2D eigenvalue weighted by Gasteiger charge is -2.36. The third-order valence-electron chi connectivity index (χ3n) is 4.31. The molecule has 0 aromatic heterocycles. The third-order valence-corrected chi connectivity index (χ3v) is 4.31. The smallest absolute Gasteiger partial charge is 0.317 e. The van der Waals surface area contributed by atoms with Gasteiger partial charge in [0.1, 0.15) is 0 Å². The molecular weight excluding hydrogens is 244 g/mol. The van der Waals surface area contributed by atoms with Crippen molar-refractivity contribution in [2.75, 3.05) is 19.6 Å². The topological polar surface area (TPSA) is 69.6 Å². The van der Waals surface area contributed by atoms with E-state index in [1.807, 2.05) is 13.8 Å². The van der Waals surface area contributed by atoms with Gasteiger partial charge in [-0.05, 0) is 45.4 Å². The summed E-state index contributed by atoms with van der Waals surface area (Å²) in [7, 11) is 0. The van der Waals surface area contributed by atoms with E-state index in [0.29, 0.717) is 31.8 Å². The molecule has 0 aliphatic heterocycles. The molecule has 19 heavy (non-hydrogen) atoms. The zero-order chi connectivity index (χ0) is 14.5. The second kappa shape index (κ2) is 6.78. The fourth-order valence-electron chi connectivity index (χ4n) is 2.65. The average molecular weight is 270 g/mol. The van der Waals surface area contributed by atoms with Gasteiger partial charge in [-0.15, -0.1) is 0 Å². The molecule has 0 radical (unpaired) electrons. The number of amides is 2. The van der Waals surface area contributed by atoms with E-state index >= 15 is 0 Å². The minimum absolute atomic E-state index is 0.163. The van der Waals surface area contributed by atoms with Gasteiger partial charge in [0.25, 0.3) is 0 Å². The first-order chi connectivity index (χ1) is 8.95. The van der Waals surface area contributed by atoms with Gasteiger partial charge in [0.15, 0.2) is 0 Å². The molecule has 110 valence electrons. The number of rotatable bonds is 5. The Labute approximate surface area is 115 Å². The normalized spacial score (nSPS) is 26.8. The average Bonchev–Trinajstić information content (AvgIpc) is 2.39. The van der Waals surface area contributed by atoms with Crippen molar-refractivity contribution in [3.63, 3.8) is 0 Å². The van der Waals surface area contributed by atoms with Crippen LogP contribution in [0, 0.1) is 11.3 Å². The van der Waals surface area contributed by atoms with Crippen LogP contribution >= 0.6 is 0 Å². The summed E-state index contributed by atoms with van der Waals surface area (Å²) in [5, 5.41) is 12.3. The minimum Gasteiger partial charge on any atom is -0.481 e. The summed E-state index contributed by atoms with van der Waals surface area (Å²) in [5.74, 6) is -0.190. The van der Waals surface area contributed by atoms with Crippen LogP contribution in [0.25, 0.3) is 0 Å². The van der Waals surface area contributed by atoms with E-state index in [-0.39, 0.29) is 12.6 Å². The second-order valence-electron chi connectivity index (χ2n) is 5.60. The Morgan fingerprint density at radius 3 is 2.21 bits per heavy atom. The molecule has 0 spiro atoms. The number of carboxylic acids is 1. The van der Waals surface area contributed by atoms with Gasteiger partial charge < -0.3 is 15.3 Å². The SMILES string of the molecule is CCN(CC)C(=O)NCC1(C(=O)O)CCC(C)CC1. The highest BCUT2D eigenvalue weighted by Gasteiger charge is 2.41. The summed E-state index contributed by atoms with van der Waals surface area (Å²) < 4.78 is 0. The molecule has 2 N–H and O–H groups in total. The van der Waals surface area contributed by atoms with Crippen LogP contribution in [0.2, 0.25) is 0 Å². The second-order valence-corrected chi connectivity index (χ2v) is 5.60. The molecule has 1 saturated carbocycles. The summed E-state index contributed by atoms with van der Waals surface area (Å²) in [5.41, 5.74) is -0.769. The van der Waals surface area contributed by atoms with Crippen molar-refractivity contribution < 1.29 is 14.7 Å². The van der Waals surface area contributed by atoms with E-state index < -0.39 is 11.4 Å². The number of carboxylic acid groups (broad SMARTS) is 1. The van der Waals surface area contributed by atoms with Crippen molar-refractivity contribution in [3.8, 4) is 0 Å². The Kier molecular flexibility index (Phi) is 5.63. The van der Waals surface area contributed by atoms with Crippen molar-refractivity contribution in [1.82, 2.24) is 10.2 Å². The predicted octanol–water partition coefficient (Wildman–Crippen LogP) is 2.32. The molecule has 0 bridgehead atoms. The first-order valence-electron chi connectivity index (χ1n) is 7.21. The fourth-order valence-corrected chi connectivity index (χ4v) is 2.65. The molecular formula is C14H26N2O3. The number of nitrogens with zero attached hydrogens (tertiary/aromatic N) is 1. The van der Waals surface area contributed by atoms with E-state index in [1.165, 1.54) is 0 Å². The number of nitrogens with one attached hydrogen (secondary N) is 1. The third kappa shape index (κ3) is 3.85.